The summed E-state index contributed by atoms with van der Waals surface area (Å²) in [6.07, 6.45) is 2.58. The van der Waals surface area contributed by atoms with E-state index in [1.165, 1.54) is 0 Å². The fourth-order valence-electron chi connectivity index (χ4n) is 3.68. The van der Waals surface area contributed by atoms with Crippen molar-refractivity contribution < 1.29 is 14.3 Å². The van der Waals surface area contributed by atoms with Gasteiger partial charge >= 0.3 is 0 Å². The average molecular weight is 407 g/mol. The predicted molar refractivity (Wildman–Crippen MR) is 114 cm³/mol. The van der Waals surface area contributed by atoms with Crippen molar-refractivity contribution in [1.29, 1.82) is 0 Å². The normalized spacial score (nSPS) is 16.0. The standard InChI is InChI=1S/C23H25N3O4/c1-29-17-10-8-16(9-11-17)26-21-7-3-2-6-19(21)25-20(23(26)28)12-13-22(27)24-15-18-5-4-14-30-18/h2-3,6-11,18H,4-5,12-15H2,1H3,(H,24,27). The maximum Gasteiger partial charge on any atom is 0.277 e. The van der Waals surface area contributed by atoms with Crippen LogP contribution in [-0.4, -0.2) is 41.8 Å². The zero-order valence-electron chi connectivity index (χ0n) is 17.0. The largest absolute Gasteiger partial charge is 0.497 e. The van der Waals surface area contributed by atoms with Crippen LogP contribution in [0.3, 0.4) is 0 Å². The summed E-state index contributed by atoms with van der Waals surface area (Å²) in [7, 11) is 1.60. The second-order valence-electron chi connectivity index (χ2n) is 7.32. The number of fused-ring (bicyclic) bond motifs is 1. The van der Waals surface area contributed by atoms with Crippen molar-refractivity contribution in [3.05, 3.63) is 64.6 Å². The van der Waals surface area contributed by atoms with Crippen LogP contribution in [0.5, 0.6) is 5.75 Å². The van der Waals surface area contributed by atoms with E-state index < -0.39 is 0 Å². The minimum atomic E-state index is -0.217. The van der Waals surface area contributed by atoms with Gasteiger partial charge in [-0.05, 0) is 49.2 Å². The average Bonchev–Trinajstić information content (AvgIpc) is 3.30. The second kappa shape index (κ2) is 9.09. The van der Waals surface area contributed by atoms with Crippen LogP contribution in [0.1, 0.15) is 25.0 Å². The number of carbonyl (C=O) groups is 1. The molecule has 0 radical (unpaired) electrons. The van der Waals surface area contributed by atoms with Gasteiger partial charge in [0.25, 0.3) is 5.56 Å². The molecule has 1 fully saturated rings. The molecule has 3 aromatic rings. The fraction of sp³-hybridized carbons (Fsp3) is 0.348. The van der Waals surface area contributed by atoms with Crippen LogP contribution < -0.4 is 15.6 Å². The molecule has 1 N–H and O–H groups in total. The maximum absolute atomic E-state index is 13.2. The van der Waals surface area contributed by atoms with E-state index in [0.29, 0.717) is 23.5 Å². The van der Waals surface area contributed by atoms with Crippen molar-refractivity contribution in [2.24, 2.45) is 0 Å². The molecule has 0 spiro atoms. The monoisotopic (exact) mass is 407 g/mol. The number of nitrogens with one attached hydrogen (secondary N) is 1. The van der Waals surface area contributed by atoms with Crippen LogP contribution in [0.2, 0.25) is 0 Å². The molecule has 1 aliphatic rings. The Labute approximate surface area is 174 Å². The Morgan fingerprint density at radius 2 is 2.03 bits per heavy atom. The van der Waals surface area contributed by atoms with Gasteiger partial charge in [0.15, 0.2) is 0 Å². The molecule has 7 nitrogen and oxygen atoms in total. The lowest BCUT2D eigenvalue weighted by atomic mass is 10.2. The Morgan fingerprint density at radius 3 is 2.77 bits per heavy atom. The number of carbonyl (C=O) groups excluding carboxylic acids is 1. The number of hydrogen-bond acceptors (Lipinski definition) is 5. The highest BCUT2D eigenvalue weighted by molar-refractivity contribution is 5.78. The van der Waals surface area contributed by atoms with Gasteiger partial charge in [-0.3, -0.25) is 14.2 Å². The molecule has 30 heavy (non-hydrogen) atoms. The summed E-state index contributed by atoms with van der Waals surface area (Å²) in [5.74, 6) is 0.615. The molecule has 1 saturated heterocycles. The lowest BCUT2D eigenvalue weighted by Gasteiger charge is -2.13. The molecule has 4 rings (SSSR count). The van der Waals surface area contributed by atoms with E-state index in [0.717, 1.165) is 30.7 Å². The Bertz CT molecular complexity index is 1090. The van der Waals surface area contributed by atoms with Gasteiger partial charge in [-0.2, -0.15) is 0 Å². The van der Waals surface area contributed by atoms with Gasteiger partial charge < -0.3 is 14.8 Å². The number of benzene rings is 2. The van der Waals surface area contributed by atoms with E-state index >= 15 is 0 Å². The van der Waals surface area contributed by atoms with E-state index in [-0.39, 0.29) is 30.4 Å². The molecule has 0 saturated carbocycles. The summed E-state index contributed by atoms with van der Waals surface area (Å²) in [6.45, 7) is 1.27. The van der Waals surface area contributed by atoms with E-state index in [1.807, 2.05) is 48.5 Å². The number of aryl methyl sites for hydroxylation is 1. The first-order chi connectivity index (χ1) is 14.7. The van der Waals surface area contributed by atoms with Gasteiger partial charge in [-0.25, -0.2) is 4.98 Å². The van der Waals surface area contributed by atoms with E-state index in [2.05, 4.69) is 10.3 Å². The Morgan fingerprint density at radius 1 is 1.23 bits per heavy atom. The van der Waals surface area contributed by atoms with E-state index in [9.17, 15) is 9.59 Å². The summed E-state index contributed by atoms with van der Waals surface area (Å²) in [6, 6.07) is 14.8. The molecule has 1 unspecified atom stereocenters. The number of hydrogen-bond donors (Lipinski definition) is 1. The molecule has 1 aromatic heterocycles. The van der Waals surface area contributed by atoms with Crippen LogP contribution in [0.25, 0.3) is 16.7 Å². The topological polar surface area (TPSA) is 82.5 Å². The number of nitrogens with zero attached hydrogens (tertiary/aromatic N) is 2. The van der Waals surface area contributed by atoms with E-state index in [1.54, 1.807) is 11.7 Å². The van der Waals surface area contributed by atoms with Crippen LogP contribution in [0.15, 0.2) is 53.3 Å². The molecule has 2 heterocycles. The molecule has 7 heteroatoms. The number of ether oxygens (including phenoxy) is 2. The summed E-state index contributed by atoms with van der Waals surface area (Å²) in [5.41, 5.74) is 2.31. The van der Waals surface area contributed by atoms with E-state index in [4.69, 9.17) is 9.47 Å². The molecule has 1 aliphatic heterocycles. The Hall–Kier alpha value is -3.19. The first-order valence-corrected chi connectivity index (χ1v) is 10.2. The van der Waals surface area contributed by atoms with Crippen LogP contribution in [0, 0.1) is 0 Å². The highest BCUT2D eigenvalue weighted by atomic mass is 16.5. The Balaban J connectivity index is 1.58. The molecule has 1 atom stereocenters. The molecule has 0 aliphatic carbocycles. The summed E-state index contributed by atoms with van der Waals surface area (Å²) in [4.78, 5) is 30.0. The highest BCUT2D eigenvalue weighted by Gasteiger charge is 2.17. The van der Waals surface area contributed by atoms with Gasteiger partial charge in [0, 0.05) is 31.7 Å². The summed E-state index contributed by atoms with van der Waals surface area (Å²) >= 11 is 0. The molecule has 1 amide bonds. The minimum Gasteiger partial charge on any atom is -0.497 e. The van der Waals surface area contributed by atoms with Gasteiger partial charge in [-0.1, -0.05) is 12.1 Å². The number of para-hydroxylation sites is 2. The molecule has 2 aromatic carbocycles. The van der Waals surface area contributed by atoms with Gasteiger partial charge in [-0.15, -0.1) is 0 Å². The minimum absolute atomic E-state index is 0.0973. The first-order valence-electron chi connectivity index (χ1n) is 10.2. The summed E-state index contributed by atoms with van der Waals surface area (Å²) in [5, 5.41) is 2.90. The van der Waals surface area contributed by atoms with Crippen molar-refractivity contribution in [1.82, 2.24) is 14.9 Å². The quantitative estimate of drug-likeness (QED) is 0.651. The molecular formula is C23H25N3O4. The van der Waals surface area contributed by atoms with Crippen LogP contribution in [0.4, 0.5) is 0 Å². The third kappa shape index (κ3) is 4.36. The Kier molecular flexibility index (Phi) is 6.09. The SMILES string of the molecule is COc1ccc(-n2c(=O)c(CCC(=O)NCC3CCCO3)nc3ccccc32)cc1. The number of aromatic nitrogens is 2. The fourth-order valence-corrected chi connectivity index (χ4v) is 3.68. The van der Waals surface area contributed by atoms with Gasteiger partial charge in [0.2, 0.25) is 5.91 Å². The zero-order chi connectivity index (χ0) is 20.9. The number of rotatable bonds is 7. The summed E-state index contributed by atoms with van der Waals surface area (Å²) < 4.78 is 12.4. The maximum atomic E-state index is 13.2. The molecule has 0 bridgehead atoms. The lowest BCUT2D eigenvalue weighted by molar-refractivity contribution is -0.121. The highest BCUT2D eigenvalue weighted by Crippen LogP contribution is 2.19. The van der Waals surface area contributed by atoms with Crippen molar-refractivity contribution in [3.8, 4) is 11.4 Å². The molecule has 156 valence electrons. The number of methoxy groups -OCH3 is 1. The van der Waals surface area contributed by atoms with Crippen molar-refractivity contribution in [3.63, 3.8) is 0 Å². The lowest BCUT2D eigenvalue weighted by Crippen LogP contribution is -2.32. The van der Waals surface area contributed by atoms with Gasteiger partial charge in [0.1, 0.15) is 11.4 Å². The smallest absolute Gasteiger partial charge is 0.277 e. The van der Waals surface area contributed by atoms with Crippen molar-refractivity contribution >= 4 is 16.9 Å². The van der Waals surface area contributed by atoms with Crippen molar-refractivity contribution in [2.45, 2.75) is 31.8 Å². The third-order valence-corrected chi connectivity index (χ3v) is 5.30. The molecular weight excluding hydrogens is 382 g/mol. The first kappa shape index (κ1) is 20.1. The van der Waals surface area contributed by atoms with Gasteiger partial charge in [0.05, 0.1) is 24.2 Å². The number of amides is 1. The van der Waals surface area contributed by atoms with Crippen LogP contribution in [-0.2, 0) is 16.0 Å². The predicted octanol–water partition coefficient (Wildman–Crippen LogP) is 2.62. The zero-order valence-corrected chi connectivity index (χ0v) is 17.0. The second-order valence-corrected chi connectivity index (χ2v) is 7.32. The van der Waals surface area contributed by atoms with Crippen LogP contribution >= 0.6 is 0 Å². The van der Waals surface area contributed by atoms with Crippen molar-refractivity contribution in [2.75, 3.05) is 20.3 Å². The third-order valence-electron chi connectivity index (χ3n) is 5.30.